The van der Waals surface area contributed by atoms with Crippen LogP contribution in [0.1, 0.15) is 23.0 Å². The number of fused-ring (bicyclic) bond motifs is 3. The SMILES string of the molecule is CCc1ccc2nc(NC(=O)c3cc4c(=O)c5ccccc5oc4o3)sc2c1. The lowest BCUT2D eigenvalue weighted by atomic mass is 10.2. The molecule has 5 rings (SSSR count). The number of carbonyl (C=O) groups excluding carboxylic acids is 1. The fourth-order valence-electron chi connectivity index (χ4n) is 3.11. The Hall–Kier alpha value is -3.45. The Bertz CT molecular complexity index is 1430. The van der Waals surface area contributed by atoms with Gasteiger partial charge in [-0.15, -0.1) is 0 Å². The van der Waals surface area contributed by atoms with E-state index in [9.17, 15) is 9.59 Å². The molecule has 0 aliphatic carbocycles. The summed E-state index contributed by atoms with van der Waals surface area (Å²) in [5.74, 6) is -0.449. The second kappa shape index (κ2) is 6.31. The van der Waals surface area contributed by atoms with E-state index in [1.807, 2.05) is 12.1 Å². The first-order chi connectivity index (χ1) is 13.6. The minimum absolute atomic E-state index is 0.000315. The van der Waals surface area contributed by atoms with Crippen molar-refractivity contribution < 1.29 is 13.6 Å². The average Bonchev–Trinajstić information content (AvgIpc) is 3.31. The van der Waals surface area contributed by atoms with Gasteiger partial charge in [-0.2, -0.15) is 0 Å². The van der Waals surface area contributed by atoms with Crippen molar-refractivity contribution in [1.29, 1.82) is 0 Å². The Kier molecular flexibility index (Phi) is 3.77. The van der Waals surface area contributed by atoms with Gasteiger partial charge in [0.1, 0.15) is 11.0 Å². The maximum atomic E-state index is 12.6. The predicted molar refractivity (Wildman–Crippen MR) is 109 cm³/mol. The molecular weight excluding hydrogens is 376 g/mol. The number of hydrogen-bond acceptors (Lipinski definition) is 6. The number of nitrogens with one attached hydrogen (secondary N) is 1. The molecule has 0 radical (unpaired) electrons. The third-order valence-electron chi connectivity index (χ3n) is 4.58. The monoisotopic (exact) mass is 390 g/mol. The standard InChI is InChI=1S/C21H14N2O4S/c1-2-11-7-8-14-17(9-11)28-21(22-14)23-19(25)16-10-13-18(24)12-5-3-4-6-15(12)26-20(13)27-16/h3-10H,2H2,1H3,(H,22,23,25). The van der Waals surface area contributed by atoms with E-state index in [0.29, 0.717) is 16.1 Å². The smallest absolute Gasteiger partial charge is 0.302 e. The number of thiazole rings is 1. The van der Waals surface area contributed by atoms with Crippen LogP contribution in [0.5, 0.6) is 0 Å². The van der Waals surface area contributed by atoms with Crippen molar-refractivity contribution in [3.63, 3.8) is 0 Å². The number of rotatable bonds is 3. The van der Waals surface area contributed by atoms with E-state index >= 15 is 0 Å². The number of anilines is 1. The molecule has 0 atom stereocenters. The van der Waals surface area contributed by atoms with E-state index in [1.54, 1.807) is 24.3 Å². The van der Waals surface area contributed by atoms with Crippen LogP contribution >= 0.6 is 11.3 Å². The normalized spacial score (nSPS) is 11.5. The molecule has 0 saturated heterocycles. The molecule has 1 amide bonds. The van der Waals surface area contributed by atoms with Gasteiger partial charge < -0.3 is 8.83 Å². The highest BCUT2D eigenvalue weighted by Crippen LogP contribution is 2.28. The largest absolute Gasteiger partial charge is 0.425 e. The zero-order valence-corrected chi connectivity index (χ0v) is 15.6. The van der Waals surface area contributed by atoms with Crippen LogP contribution in [0, 0.1) is 0 Å². The first-order valence-corrected chi connectivity index (χ1v) is 9.60. The van der Waals surface area contributed by atoms with Crippen LogP contribution in [-0.4, -0.2) is 10.9 Å². The van der Waals surface area contributed by atoms with Gasteiger partial charge in [0.05, 0.1) is 15.6 Å². The highest BCUT2D eigenvalue weighted by molar-refractivity contribution is 7.22. The Morgan fingerprint density at radius 3 is 2.82 bits per heavy atom. The summed E-state index contributed by atoms with van der Waals surface area (Å²) in [6.07, 6.45) is 0.934. The molecule has 0 aliphatic heterocycles. The van der Waals surface area contributed by atoms with Crippen LogP contribution < -0.4 is 10.7 Å². The van der Waals surface area contributed by atoms with Crippen molar-refractivity contribution in [2.75, 3.05) is 5.32 Å². The predicted octanol–water partition coefficient (Wildman–Crippen LogP) is 4.96. The van der Waals surface area contributed by atoms with E-state index in [4.69, 9.17) is 8.83 Å². The summed E-state index contributed by atoms with van der Waals surface area (Å²) in [5, 5.41) is 3.89. The van der Waals surface area contributed by atoms with Crippen molar-refractivity contribution in [3.05, 3.63) is 70.1 Å². The summed E-state index contributed by atoms with van der Waals surface area (Å²) in [4.78, 5) is 29.6. The van der Waals surface area contributed by atoms with Crippen LogP contribution in [0.3, 0.4) is 0 Å². The Balaban J connectivity index is 1.51. The van der Waals surface area contributed by atoms with Crippen LogP contribution in [0.25, 0.3) is 32.4 Å². The molecule has 0 unspecified atom stereocenters. The lowest BCUT2D eigenvalue weighted by Crippen LogP contribution is -2.10. The van der Waals surface area contributed by atoms with Crippen molar-refractivity contribution >= 4 is 54.7 Å². The van der Waals surface area contributed by atoms with Crippen LogP contribution in [0.2, 0.25) is 0 Å². The molecule has 1 N–H and O–H groups in total. The number of nitrogens with zero attached hydrogens (tertiary/aromatic N) is 1. The second-order valence-corrected chi connectivity index (χ2v) is 7.40. The average molecular weight is 390 g/mol. The molecular formula is C21H14N2O4S. The number of furan rings is 1. The molecule has 5 aromatic rings. The first-order valence-electron chi connectivity index (χ1n) is 8.78. The van der Waals surface area contributed by atoms with Gasteiger partial charge in [0, 0.05) is 6.07 Å². The molecule has 0 bridgehead atoms. The fraction of sp³-hybridized carbons (Fsp3) is 0.0952. The zero-order chi connectivity index (χ0) is 19.3. The molecule has 0 saturated carbocycles. The Morgan fingerprint density at radius 1 is 1.11 bits per heavy atom. The number of aromatic nitrogens is 1. The van der Waals surface area contributed by atoms with Crippen LogP contribution in [0.15, 0.2) is 62.2 Å². The first kappa shape index (κ1) is 16.7. The lowest BCUT2D eigenvalue weighted by Gasteiger charge is -1.96. The van der Waals surface area contributed by atoms with E-state index < -0.39 is 5.91 Å². The van der Waals surface area contributed by atoms with Gasteiger partial charge in [0.25, 0.3) is 5.91 Å². The van der Waals surface area contributed by atoms with Crippen molar-refractivity contribution in [2.45, 2.75) is 13.3 Å². The molecule has 0 aliphatic rings. The minimum Gasteiger partial charge on any atom is -0.425 e. The van der Waals surface area contributed by atoms with Crippen LogP contribution in [-0.2, 0) is 6.42 Å². The molecule has 0 fully saturated rings. The van der Waals surface area contributed by atoms with Crippen molar-refractivity contribution in [3.8, 4) is 0 Å². The van der Waals surface area contributed by atoms with Gasteiger partial charge >= 0.3 is 5.78 Å². The summed E-state index contributed by atoms with van der Waals surface area (Å²) < 4.78 is 12.1. The van der Waals surface area contributed by atoms with Gasteiger partial charge in [0.2, 0.25) is 5.43 Å². The summed E-state index contributed by atoms with van der Waals surface area (Å²) in [7, 11) is 0. The highest BCUT2D eigenvalue weighted by atomic mass is 32.1. The third-order valence-corrected chi connectivity index (χ3v) is 5.52. The lowest BCUT2D eigenvalue weighted by molar-refractivity contribution is 0.0997. The third kappa shape index (κ3) is 2.68. The highest BCUT2D eigenvalue weighted by Gasteiger charge is 2.19. The fourth-order valence-corrected chi connectivity index (χ4v) is 4.03. The van der Waals surface area contributed by atoms with Gasteiger partial charge in [-0.3, -0.25) is 14.9 Å². The minimum atomic E-state index is -0.482. The van der Waals surface area contributed by atoms with Crippen LogP contribution in [0.4, 0.5) is 5.13 Å². The topological polar surface area (TPSA) is 85.3 Å². The maximum absolute atomic E-state index is 12.6. The number of amides is 1. The summed E-state index contributed by atoms with van der Waals surface area (Å²) in [6.45, 7) is 2.09. The number of carbonyl (C=O) groups is 1. The maximum Gasteiger partial charge on any atom is 0.302 e. The van der Waals surface area contributed by atoms with E-state index in [1.165, 1.54) is 23.0 Å². The molecule has 2 aromatic carbocycles. The quantitative estimate of drug-likeness (QED) is 0.470. The second-order valence-electron chi connectivity index (χ2n) is 6.37. The van der Waals surface area contributed by atoms with Gasteiger partial charge in [-0.1, -0.05) is 36.5 Å². The van der Waals surface area contributed by atoms with E-state index in [-0.39, 0.29) is 22.4 Å². The Morgan fingerprint density at radius 2 is 1.96 bits per heavy atom. The molecule has 6 nitrogen and oxygen atoms in total. The van der Waals surface area contributed by atoms with Gasteiger partial charge in [-0.25, -0.2) is 4.98 Å². The van der Waals surface area contributed by atoms with Crippen molar-refractivity contribution in [2.24, 2.45) is 0 Å². The molecule has 3 aromatic heterocycles. The van der Waals surface area contributed by atoms with E-state index in [0.717, 1.165) is 16.6 Å². The number of para-hydroxylation sites is 1. The Labute approximate surface area is 162 Å². The molecule has 0 spiro atoms. The molecule has 7 heteroatoms. The summed E-state index contributed by atoms with van der Waals surface area (Å²) in [6, 6.07) is 14.3. The summed E-state index contributed by atoms with van der Waals surface area (Å²) in [5.41, 5.74) is 2.22. The molecule has 28 heavy (non-hydrogen) atoms. The van der Waals surface area contributed by atoms with Gasteiger partial charge in [-0.05, 0) is 36.2 Å². The number of hydrogen-bond donors (Lipinski definition) is 1. The molecule has 138 valence electrons. The van der Waals surface area contributed by atoms with E-state index in [2.05, 4.69) is 23.3 Å². The number of aryl methyl sites for hydroxylation is 1. The molecule has 3 heterocycles. The zero-order valence-electron chi connectivity index (χ0n) is 14.8. The van der Waals surface area contributed by atoms with Gasteiger partial charge in [0.15, 0.2) is 10.9 Å². The summed E-state index contributed by atoms with van der Waals surface area (Å²) >= 11 is 1.39. The number of benzene rings is 2. The van der Waals surface area contributed by atoms with Crippen molar-refractivity contribution in [1.82, 2.24) is 4.98 Å².